The molecule has 3 aromatic rings. The minimum absolute atomic E-state index is 0.217. The fraction of sp³-hybridized carbons (Fsp3) is 0.115. The van der Waals surface area contributed by atoms with Crippen LogP contribution in [0.2, 0.25) is 0 Å². The predicted octanol–water partition coefficient (Wildman–Crippen LogP) is 6.75. The molecule has 9 heteroatoms. The molecule has 1 aliphatic heterocycles. The Morgan fingerprint density at radius 1 is 1.03 bits per heavy atom. The Kier molecular flexibility index (Phi) is 8.50. The van der Waals surface area contributed by atoms with E-state index in [1.54, 1.807) is 42.5 Å². The molecule has 0 aliphatic carbocycles. The lowest BCUT2D eigenvalue weighted by Gasteiger charge is -2.14. The SMILES string of the molecule is CCOc1cc(/C=C2\SC(=O)N(Cc3ccc(I)cc3)C2=O)cc(I)c1OC(=O)c1ccccc1. The number of rotatable bonds is 7. The van der Waals surface area contributed by atoms with Crippen LogP contribution in [0, 0.1) is 7.14 Å². The van der Waals surface area contributed by atoms with E-state index >= 15 is 0 Å². The van der Waals surface area contributed by atoms with Gasteiger partial charge in [-0.15, -0.1) is 0 Å². The lowest BCUT2D eigenvalue weighted by Crippen LogP contribution is -2.27. The van der Waals surface area contributed by atoms with Crippen LogP contribution in [0.4, 0.5) is 4.79 Å². The van der Waals surface area contributed by atoms with Gasteiger partial charge in [-0.25, -0.2) is 4.79 Å². The number of esters is 1. The first-order chi connectivity index (χ1) is 16.9. The van der Waals surface area contributed by atoms with Crippen LogP contribution in [0.1, 0.15) is 28.4 Å². The van der Waals surface area contributed by atoms with Crippen molar-refractivity contribution in [1.29, 1.82) is 0 Å². The normalized spacial score (nSPS) is 14.5. The van der Waals surface area contributed by atoms with Crippen molar-refractivity contribution in [3.05, 3.63) is 95.5 Å². The minimum Gasteiger partial charge on any atom is -0.490 e. The second-order valence-electron chi connectivity index (χ2n) is 7.41. The molecule has 0 saturated carbocycles. The maximum absolute atomic E-state index is 13.0. The van der Waals surface area contributed by atoms with Crippen LogP contribution in [0.5, 0.6) is 11.5 Å². The van der Waals surface area contributed by atoms with Crippen molar-refractivity contribution in [3.8, 4) is 11.5 Å². The predicted molar refractivity (Wildman–Crippen MR) is 152 cm³/mol. The summed E-state index contributed by atoms with van der Waals surface area (Å²) in [6.45, 7) is 2.41. The van der Waals surface area contributed by atoms with Crippen LogP contribution in [-0.2, 0) is 11.3 Å². The number of thioether (sulfide) groups is 1. The molecule has 1 aliphatic rings. The van der Waals surface area contributed by atoms with Gasteiger partial charge in [-0.1, -0.05) is 30.3 Å². The van der Waals surface area contributed by atoms with Crippen molar-refractivity contribution in [1.82, 2.24) is 4.90 Å². The summed E-state index contributed by atoms with van der Waals surface area (Å²) < 4.78 is 13.1. The zero-order valence-electron chi connectivity index (χ0n) is 18.5. The maximum Gasteiger partial charge on any atom is 0.343 e. The molecule has 0 unspecified atom stereocenters. The molecular formula is C26H19I2NO5S. The van der Waals surface area contributed by atoms with Crippen LogP contribution in [0.25, 0.3) is 6.08 Å². The molecule has 0 N–H and O–H groups in total. The summed E-state index contributed by atoms with van der Waals surface area (Å²) in [7, 11) is 0. The van der Waals surface area contributed by atoms with Gasteiger partial charge >= 0.3 is 5.97 Å². The van der Waals surface area contributed by atoms with Gasteiger partial charge in [0.15, 0.2) is 11.5 Å². The van der Waals surface area contributed by atoms with Crippen molar-refractivity contribution < 1.29 is 23.9 Å². The van der Waals surface area contributed by atoms with E-state index in [9.17, 15) is 14.4 Å². The summed E-state index contributed by atoms with van der Waals surface area (Å²) in [6.07, 6.45) is 1.66. The number of nitrogens with zero attached hydrogens (tertiary/aromatic N) is 1. The van der Waals surface area contributed by atoms with Gasteiger partial charge in [0.1, 0.15) is 0 Å². The van der Waals surface area contributed by atoms with E-state index in [4.69, 9.17) is 9.47 Å². The number of imide groups is 1. The van der Waals surface area contributed by atoms with Crippen molar-refractivity contribution in [2.45, 2.75) is 13.5 Å². The molecule has 0 spiro atoms. The zero-order chi connectivity index (χ0) is 24.9. The number of hydrogen-bond acceptors (Lipinski definition) is 6. The number of ether oxygens (including phenoxy) is 2. The number of amides is 2. The molecule has 6 nitrogen and oxygen atoms in total. The number of hydrogen-bond donors (Lipinski definition) is 0. The molecule has 0 radical (unpaired) electrons. The average molecular weight is 711 g/mol. The van der Waals surface area contributed by atoms with Gasteiger partial charge < -0.3 is 9.47 Å². The van der Waals surface area contributed by atoms with E-state index in [0.717, 1.165) is 20.9 Å². The first kappa shape index (κ1) is 25.7. The lowest BCUT2D eigenvalue weighted by molar-refractivity contribution is -0.123. The number of benzene rings is 3. The molecule has 4 rings (SSSR count). The first-order valence-electron chi connectivity index (χ1n) is 10.6. The first-order valence-corrected chi connectivity index (χ1v) is 13.6. The summed E-state index contributed by atoms with van der Waals surface area (Å²) in [5.41, 5.74) is 1.97. The molecule has 0 aromatic heterocycles. The summed E-state index contributed by atoms with van der Waals surface area (Å²) in [5.74, 6) is -0.140. The monoisotopic (exact) mass is 711 g/mol. The molecule has 2 amide bonds. The molecule has 1 fully saturated rings. The second kappa shape index (κ2) is 11.6. The lowest BCUT2D eigenvalue weighted by atomic mass is 10.1. The summed E-state index contributed by atoms with van der Waals surface area (Å²) >= 11 is 5.18. The number of carbonyl (C=O) groups excluding carboxylic acids is 3. The number of carbonyl (C=O) groups is 3. The smallest absolute Gasteiger partial charge is 0.343 e. The molecule has 35 heavy (non-hydrogen) atoms. The third kappa shape index (κ3) is 6.25. The minimum atomic E-state index is -0.492. The fourth-order valence-corrected chi connectivity index (χ4v) is 5.25. The van der Waals surface area contributed by atoms with Crippen molar-refractivity contribution in [2.75, 3.05) is 6.61 Å². The van der Waals surface area contributed by atoms with E-state index in [0.29, 0.717) is 37.7 Å². The highest BCUT2D eigenvalue weighted by Crippen LogP contribution is 2.38. The van der Waals surface area contributed by atoms with E-state index in [-0.39, 0.29) is 17.7 Å². The van der Waals surface area contributed by atoms with E-state index in [1.165, 1.54) is 4.90 Å². The van der Waals surface area contributed by atoms with E-state index in [1.807, 2.05) is 37.3 Å². The maximum atomic E-state index is 13.0. The Balaban J connectivity index is 1.58. The van der Waals surface area contributed by atoms with Crippen molar-refractivity contribution in [3.63, 3.8) is 0 Å². The highest BCUT2D eigenvalue weighted by atomic mass is 127. The van der Waals surface area contributed by atoms with Gasteiger partial charge in [-0.05, 0) is 117 Å². The third-order valence-electron chi connectivity index (χ3n) is 4.96. The van der Waals surface area contributed by atoms with Crippen LogP contribution >= 0.6 is 56.9 Å². The van der Waals surface area contributed by atoms with Crippen LogP contribution < -0.4 is 9.47 Å². The Hall–Kier alpha value is -2.38. The zero-order valence-corrected chi connectivity index (χ0v) is 23.6. The van der Waals surface area contributed by atoms with Gasteiger partial charge in [0.05, 0.1) is 27.2 Å². The molecule has 1 heterocycles. The van der Waals surface area contributed by atoms with Gasteiger partial charge in [0.2, 0.25) is 0 Å². The largest absolute Gasteiger partial charge is 0.490 e. The summed E-state index contributed by atoms with van der Waals surface area (Å²) in [5, 5.41) is -0.312. The molecule has 1 saturated heterocycles. The van der Waals surface area contributed by atoms with Gasteiger partial charge in [-0.2, -0.15) is 0 Å². The standard InChI is InChI=1S/C26H19I2NO5S/c1-2-33-21-13-17(12-20(28)23(21)34-25(31)18-6-4-3-5-7-18)14-22-24(30)29(26(32)35-22)15-16-8-10-19(27)11-9-16/h3-14H,2,15H2,1H3/b22-14-. The van der Waals surface area contributed by atoms with Gasteiger partial charge in [0, 0.05) is 3.57 Å². The molecule has 3 aromatic carbocycles. The van der Waals surface area contributed by atoms with Gasteiger partial charge in [0.25, 0.3) is 11.1 Å². The number of halogens is 2. The Bertz CT molecular complexity index is 1310. The molecular weight excluding hydrogens is 692 g/mol. The van der Waals surface area contributed by atoms with E-state index < -0.39 is 5.97 Å². The molecule has 178 valence electrons. The Morgan fingerprint density at radius 3 is 2.43 bits per heavy atom. The Morgan fingerprint density at radius 2 is 1.74 bits per heavy atom. The van der Waals surface area contributed by atoms with Crippen molar-refractivity contribution >= 4 is 80.1 Å². The van der Waals surface area contributed by atoms with E-state index in [2.05, 4.69) is 45.2 Å². The third-order valence-corrected chi connectivity index (χ3v) is 7.39. The van der Waals surface area contributed by atoms with Crippen LogP contribution in [0.3, 0.4) is 0 Å². The van der Waals surface area contributed by atoms with Crippen molar-refractivity contribution in [2.24, 2.45) is 0 Å². The van der Waals surface area contributed by atoms with Gasteiger partial charge in [-0.3, -0.25) is 14.5 Å². The summed E-state index contributed by atoms with van der Waals surface area (Å²) in [6, 6.07) is 19.9. The highest BCUT2D eigenvalue weighted by Gasteiger charge is 2.35. The average Bonchev–Trinajstić information content (AvgIpc) is 3.10. The fourth-order valence-electron chi connectivity index (χ4n) is 3.32. The second-order valence-corrected chi connectivity index (χ2v) is 10.8. The topological polar surface area (TPSA) is 72.9 Å². The van der Waals surface area contributed by atoms with Crippen LogP contribution in [0.15, 0.2) is 71.6 Å². The quantitative estimate of drug-likeness (QED) is 0.117. The Labute approximate surface area is 234 Å². The highest BCUT2D eigenvalue weighted by molar-refractivity contribution is 14.1. The molecule has 0 atom stereocenters. The summed E-state index contributed by atoms with van der Waals surface area (Å²) in [4.78, 5) is 39.7. The molecule has 0 bridgehead atoms. The van der Waals surface area contributed by atoms with Crippen LogP contribution in [-0.4, -0.2) is 28.6 Å².